The van der Waals surface area contributed by atoms with Crippen molar-refractivity contribution < 1.29 is 4.52 Å². The van der Waals surface area contributed by atoms with Gasteiger partial charge in [0, 0.05) is 36.6 Å². The Morgan fingerprint density at radius 1 is 1.21 bits per heavy atom. The van der Waals surface area contributed by atoms with Crippen LogP contribution in [0, 0.1) is 0 Å². The number of aromatic nitrogens is 5. The van der Waals surface area contributed by atoms with Crippen LogP contribution >= 0.6 is 11.6 Å². The maximum atomic E-state index is 5.91. The molecule has 3 aromatic rings. The van der Waals surface area contributed by atoms with Crippen LogP contribution in [0.1, 0.15) is 25.6 Å². The van der Waals surface area contributed by atoms with Crippen molar-refractivity contribution in [1.82, 2.24) is 35.5 Å². The molecule has 2 N–H and O–H groups in total. The molecule has 0 atom stereocenters. The Morgan fingerprint density at radius 2 is 2.04 bits per heavy atom. The van der Waals surface area contributed by atoms with Crippen molar-refractivity contribution in [2.75, 3.05) is 13.1 Å². The van der Waals surface area contributed by atoms with Crippen LogP contribution in [0.4, 0.5) is 0 Å². The second-order valence-corrected chi connectivity index (χ2v) is 6.37. The van der Waals surface area contributed by atoms with Crippen LogP contribution in [0.15, 0.2) is 40.1 Å². The van der Waals surface area contributed by atoms with Crippen LogP contribution < -0.4 is 10.6 Å². The van der Waals surface area contributed by atoms with E-state index in [4.69, 9.17) is 16.1 Å². The van der Waals surface area contributed by atoms with Gasteiger partial charge in [-0.2, -0.15) is 4.98 Å². The topological polar surface area (TPSA) is 106 Å². The highest BCUT2D eigenvalue weighted by Gasteiger charge is 2.09. The summed E-state index contributed by atoms with van der Waals surface area (Å²) in [5.74, 6) is 2.60. The quantitative estimate of drug-likeness (QED) is 0.439. The largest absolute Gasteiger partial charge is 0.357 e. The van der Waals surface area contributed by atoms with Gasteiger partial charge in [0.1, 0.15) is 18.7 Å². The number of halogens is 1. The van der Waals surface area contributed by atoms with Crippen LogP contribution in [-0.2, 0) is 19.5 Å². The first-order valence-corrected chi connectivity index (χ1v) is 9.54. The number of aliphatic imine (C=N–C) groups is 1. The number of nitrogens with one attached hydrogen (secondary N) is 2. The molecule has 0 radical (unpaired) electrons. The zero-order valence-electron chi connectivity index (χ0n) is 15.9. The molecule has 148 valence electrons. The summed E-state index contributed by atoms with van der Waals surface area (Å²) in [5, 5.41) is 19.2. The van der Waals surface area contributed by atoms with E-state index in [1.165, 1.54) is 0 Å². The van der Waals surface area contributed by atoms with Gasteiger partial charge >= 0.3 is 0 Å². The average Bonchev–Trinajstić information content (AvgIpc) is 3.36. The molecule has 0 saturated carbocycles. The first-order chi connectivity index (χ1) is 13.7. The Morgan fingerprint density at radius 3 is 2.79 bits per heavy atom. The monoisotopic (exact) mass is 402 g/mol. The third-order valence-corrected chi connectivity index (χ3v) is 4.20. The molecule has 1 aromatic carbocycles. The smallest absolute Gasteiger partial charge is 0.248 e. The normalized spacial score (nSPS) is 11.6. The Balaban J connectivity index is 1.57. The predicted molar refractivity (Wildman–Crippen MR) is 107 cm³/mol. The Kier molecular flexibility index (Phi) is 6.96. The maximum absolute atomic E-state index is 5.91. The predicted octanol–water partition coefficient (Wildman–Crippen LogP) is 2.30. The summed E-state index contributed by atoms with van der Waals surface area (Å²) >= 11 is 5.91. The molecule has 0 bridgehead atoms. The van der Waals surface area contributed by atoms with Crippen molar-refractivity contribution in [2.24, 2.45) is 4.99 Å². The summed E-state index contributed by atoms with van der Waals surface area (Å²) in [5.41, 5.74) is 0.842. The molecule has 0 aliphatic carbocycles. The van der Waals surface area contributed by atoms with Gasteiger partial charge in [-0.3, -0.25) is 0 Å². The van der Waals surface area contributed by atoms with Crippen molar-refractivity contribution in [3.8, 4) is 11.4 Å². The summed E-state index contributed by atoms with van der Waals surface area (Å²) in [6, 6.07) is 7.28. The molecule has 0 unspecified atom stereocenters. The van der Waals surface area contributed by atoms with E-state index in [9.17, 15) is 0 Å². The number of benzene rings is 1. The van der Waals surface area contributed by atoms with E-state index in [1.807, 2.05) is 23.6 Å². The van der Waals surface area contributed by atoms with Crippen molar-refractivity contribution in [3.63, 3.8) is 0 Å². The molecule has 0 spiro atoms. The number of nitrogens with zero attached hydrogens (tertiary/aromatic N) is 6. The molecule has 10 heteroatoms. The summed E-state index contributed by atoms with van der Waals surface area (Å²) in [6.07, 6.45) is 2.59. The summed E-state index contributed by atoms with van der Waals surface area (Å²) in [4.78, 5) is 8.88. The Bertz CT molecular complexity index is 902. The van der Waals surface area contributed by atoms with E-state index in [0.29, 0.717) is 29.2 Å². The minimum Gasteiger partial charge on any atom is -0.357 e. The lowest BCUT2D eigenvalue weighted by molar-refractivity contribution is 0.380. The lowest BCUT2D eigenvalue weighted by Crippen LogP contribution is -2.38. The molecular formula is C18H23ClN8O. The minimum atomic E-state index is 0.281. The molecule has 0 saturated heterocycles. The summed E-state index contributed by atoms with van der Waals surface area (Å²) < 4.78 is 7.31. The van der Waals surface area contributed by atoms with Crippen molar-refractivity contribution >= 4 is 17.6 Å². The van der Waals surface area contributed by atoms with E-state index >= 15 is 0 Å². The Hall–Kier alpha value is -2.94. The molecular weight excluding hydrogens is 380 g/mol. The van der Waals surface area contributed by atoms with E-state index in [0.717, 1.165) is 30.9 Å². The van der Waals surface area contributed by atoms with Gasteiger partial charge in [-0.25, -0.2) is 4.99 Å². The zero-order valence-corrected chi connectivity index (χ0v) is 16.6. The average molecular weight is 403 g/mol. The van der Waals surface area contributed by atoms with Gasteiger partial charge in [0.25, 0.3) is 0 Å². The van der Waals surface area contributed by atoms with Crippen molar-refractivity contribution in [2.45, 2.75) is 33.4 Å². The van der Waals surface area contributed by atoms with Crippen LogP contribution in [0.25, 0.3) is 11.4 Å². The van der Waals surface area contributed by atoms with Crippen molar-refractivity contribution in [1.29, 1.82) is 0 Å². The van der Waals surface area contributed by atoms with E-state index in [-0.39, 0.29) is 6.54 Å². The zero-order chi connectivity index (χ0) is 19.8. The molecule has 0 aliphatic heterocycles. The van der Waals surface area contributed by atoms with Gasteiger partial charge in [-0.15, -0.1) is 10.2 Å². The van der Waals surface area contributed by atoms with Gasteiger partial charge < -0.3 is 19.7 Å². The Labute approximate surface area is 168 Å². The molecule has 2 aromatic heterocycles. The molecule has 2 heterocycles. The van der Waals surface area contributed by atoms with Crippen LogP contribution in [-0.4, -0.2) is 44.0 Å². The maximum Gasteiger partial charge on any atom is 0.248 e. The third-order valence-electron chi connectivity index (χ3n) is 3.94. The standard InChI is InChI=1S/C18H23ClN8O/c1-3-15-25-23-12-27(15)10-9-21-18(20-4-2)22-11-16-24-17(26-28-16)13-5-7-14(19)8-6-13/h5-8,12H,3-4,9-11H2,1-2H3,(H2,20,21,22). The van der Waals surface area contributed by atoms with Crippen LogP contribution in [0.3, 0.4) is 0 Å². The highest BCUT2D eigenvalue weighted by Crippen LogP contribution is 2.18. The molecule has 3 rings (SSSR count). The minimum absolute atomic E-state index is 0.281. The van der Waals surface area contributed by atoms with Crippen LogP contribution in [0.2, 0.25) is 5.02 Å². The van der Waals surface area contributed by atoms with Gasteiger partial charge in [0.15, 0.2) is 5.96 Å². The summed E-state index contributed by atoms with van der Waals surface area (Å²) in [6.45, 7) is 6.54. The first kappa shape index (κ1) is 19.8. The highest BCUT2D eigenvalue weighted by atomic mass is 35.5. The lowest BCUT2D eigenvalue weighted by atomic mass is 10.2. The fourth-order valence-electron chi connectivity index (χ4n) is 2.56. The van der Waals surface area contributed by atoms with Gasteiger partial charge in [-0.1, -0.05) is 23.7 Å². The number of hydrogen-bond acceptors (Lipinski definition) is 6. The second-order valence-electron chi connectivity index (χ2n) is 5.93. The summed E-state index contributed by atoms with van der Waals surface area (Å²) in [7, 11) is 0. The second kappa shape index (κ2) is 9.84. The van der Waals surface area contributed by atoms with E-state index in [1.54, 1.807) is 18.5 Å². The third kappa shape index (κ3) is 5.29. The number of hydrogen-bond donors (Lipinski definition) is 2. The fourth-order valence-corrected chi connectivity index (χ4v) is 2.68. The molecule has 0 amide bonds. The SMILES string of the molecule is CCNC(=NCc1nc(-c2ccc(Cl)cc2)no1)NCCn1cnnc1CC. The fraction of sp³-hybridized carbons (Fsp3) is 0.389. The molecule has 0 aliphatic rings. The first-order valence-electron chi connectivity index (χ1n) is 9.17. The van der Waals surface area contributed by atoms with Crippen molar-refractivity contribution in [3.05, 3.63) is 47.3 Å². The van der Waals surface area contributed by atoms with Crippen LogP contribution in [0.5, 0.6) is 0 Å². The number of guanidine groups is 1. The number of rotatable bonds is 8. The van der Waals surface area contributed by atoms with Gasteiger partial charge in [-0.05, 0) is 31.2 Å². The van der Waals surface area contributed by atoms with E-state index < -0.39 is 0 Å². The molecule has 9 nitrogen and oxygen atoms in total. The lowest BCUT2D eigenvalue weighted by Gasteiger charge is -2.11. The number of aryl methyl sites for hydroxylation is 1. The molecule has 0 fully saturated rings. The van der Waals surface area contributed by atoms with Gasteiger partial charge in [0.05, 0.1) is 0 Å². The highest BCUT2D eigenvalue weighted by molar-refractivity contribution is 6.30. The molecule has 28 heavy (non-hydrogen) atoms. The van der Waals surface area contributed by atoms with E-state index in [2.05, 4.69) is 42.9 Å². The van der Waals surface area contributed by atoms with Gasteiger partial charge in [0.2, 0.25) is 11.7 Å².